The van der Waals surface area contributed by atoms with Crippen LogP contribution in [0.15, 0.2) is 34.9 Å². The van der Waals surface area contributed by atoms with Crippen molar-refractivity contribution in [3.8, 4) is 0 Å². The van der Waals surface area contributed by atoms with Crippen LogP contribution in [0.25, 0.3) is 10.4 Å². The van der Waals surface area contributed by atoms with Gasteiger partial charge >= 0.3 is 5.97 Å². The standard InChI is InChI=1S/C17H25N3O4S/c18-19-20-25(23,24)16(17(21)22)14-10-5-3-1-2-4-7-11-15-12-8-6-9-13-15/h6,8-9,12-13,16H,1-5,7,10-11,14H2,(H,21,22). The fraction of sp³-hybridized carbons (Fsp3) is 0.588. The monoisotopic (exact) mass is 367 g/mol. The molecule has 0 aliphatic carbocycles. The van der Waals surface area contributed by atoms with Crippen LogP contribution < -0.4 is 0 Å². The Bertz CT molecular complexity index is 670. The highest BCUT2D eigenvalue weighted by Gasteiger charge is 2.30. The van der Waals surface area contributed by atoms with Crippen LogP contribution >= 0.6 is 0 Å². The summed E-state index contributed by atoms with van der Waals surface area (Å²) in [6.07, 6.45) is 7.73. The molecule has 1 atom stereocenters. The van der Waals surface area contributed by atoms with Gasteiger partial charge in [0.15, 0.2) is 5.25 Å². The molecule has 0 amide bonds. The molecule has 1 aromatic rings. The van der Waals surface area contributed by atoms with Gasteiger partial charge in [0, 0.05) is 9.43 Å². The average molecular weight is 367 g/mol. The molecule has 0 aliphatic rings. The number of carbonyl (C=O) groups is 1. The van der Waals surface area contributed by atoms with Crippen LogP contribution in [0.1, 0.15) is 56.9 Å². The van der Waals surface area contributed by atoms with Crippen molar-refractivity contribution < 1.29 is 18.3 Å². The van der Waals surface area contributed by atoms with Crippen LogP contribution in [0.5, 0.6) is 0 Å². The minimum Gasteiger partial charge on any atom is -0.480 e. The Morgan fingerprint density at radius 2 is 1.60 bits per heavy atom. The molecule has 25 heavy (non-hydrogen) atoms. The van der Waals surface area contributed by atoms with E-state index in [2.05, 4.69) is 21.6 Å². The second-order valence-electron chi connectivity index (χ2n) is 6.01. The quantitative estimate of drug-likeness (QED) is 0.240. The van der Waals surface area contributed by atoms with Crippen molar-refractivity contribution in [3.05, 3.63) is 46.3 Å². The van der Waals surface area contributed by atoms with Crippen LogP contribution in [0.3, 0.4) is 0 Å². The predicted molar refractivity (Wildman–Crippen MR) is 96.6 cm³/mol. The van der Waals surface area contributed by atoms with Gasteiger partial charge < -0.3 is 5.11 Å². The summed E-state index contributed by atoms with van der Waals surface area (Å²) in [5.74, 6) is -1.46. The van der Waals surface area contributed by atoms with Crippen molar-refractivity contribution in [1.29, 1.82) is 0 Å². The highest BCUT2D eigenvalue weighted by molar-refractivity contribution is 7.91. The smallest absolute Gasteiger partial charge is 0.322 e. The van der Waals surface area contributed by atoms with E-state index in [4.69, 9.17) is 10.6 Å². The molecule has 138 valence electrons. The number of aliphatic carboxylic acids is 1. The van der Waals surface area contributed by atoms with Gasteiger partial charge in [0.2, 0.25) is 10.0 Å². The number of hydrogen-bond acceptors (Lipinski definition) is 3. The first kappa shape index (κ1) is 21.0. The lowest BCUT2D eigenvalue weighted by molar-refractivity contribution is -0.136. The summed E-state index contributed by atoms with van der Waals surface area (Å²) in [4.78, 5) is 13.2. The van der Waals surface area contributed by atoms with Gasteiger partial charge in [0.25, 0.3) is 0 Å². The van der Waals surface area contributed by atoms with Gasteiger partial charge in [0.05, 0.1) is 0 Å². The Morgan fingerprint density at radius 3 is 2.16 bits per heavy atom. The Balaban J connectivity index is 2.12. The first-order chi connectivity index (χ1) is 12.0. The summed E-state index contributed by atoms with van der Waals surface area (Å²) in [6, 6.07) is 10.4. The minimum atomic E-state index is -4.29. The van der Waals surface area contributed by atoms with Crippen LogP contribution in [0, 0.1) is 0 Å². The van der Waals surface area contributed by atoms with Crippen molar-refractivity contribution in [2.75, 3.05) is 0 Å². The van der Waals surface area contributed by atoms with Crippen molar-refractivity contribution >= 4 is 16.0 Å². The van der Waals surface area contributed by atoms with E-state index in [9.17, 15) is 13.2 Å². The van der Waals surface area contributed by atoms with Gasteiger partial charge in [0.1, 0.15) is 0 Å². The number of carboxylic acids is 1. The zero-order chi connectivity index (χ0) is 18.5. The molecule has 1 rings (SSSR count). The van der Waals surface area contributed by atoms with Crippen LogP contribution in [-0.2, 0) is 21.2 Å². The fourth-order valence-electron chi connectivity index (χ4n) is 2.70. The zero-order valence-electron chi connectivity index (χ0n) is 14.2. The average Bonchev–Trinajstić information content (AvgIpc) is 2.56. The third-order valence-electron chi connectivity index (χ3n) is 4.06. The molecule has 1 N–H and O–H groups in total. The van der Waals surface area contributed by atoms with Gasteiger partial charge in [-0.15, -0.1) is 0 Å². The molecule has 0 fully saturated rings. The SMILES string of the molecule is [N-]=[N+]=NS(=O)(=O)C(CCCCCCCCCc1ccccc1)C(=O)O. The van der Waals surface area contributed by atoms with Gasteiger partial charge in [-0.2, -0.15) is 0 Å². The molecule has 0 spiro atoms. The van der Waals surface area contributed by atoms with Crippen LogP contribution in [0.4, 0.5) is 0 Å². The molecule has 0 aliphatic heterocycles. The third-order valence-corrected chi connectivity index (χ3v) is 5.52. The highest BCUT2D eigenvalue weighted by atomic mass is 32.2. The maximum atomic E-state index is 11.5. The van der Waals surface area contributed by atoms with Gasteiger partial charge in [-0.1, -0.05) is 68.9 Å². The number of rotatable bonds is 13. The number of carboxylic acid groups (broad SMARTS) is 1. The van der Waals surface area contributed by atoms with Gasteiger partial charge in [-0.25, -0.2) is 8.42 Å². The van der Waals surface area contributed by atoms with E-state index in [0.717, 1.165) is 44.9 Å². The molecule has 0 aromatic heterocycles. The Labute approximate surface area is 148 Å². The molecule has 0 bridgehead atoms. The topological polar surface area (TPSA) is 120 Å². The van der Waals surface area contributed by atoms with Crippen LogP contribution in [0.2, 0.25) is 0 Å². The highest BCUT2D eigenvalue weighted by Crippen LogP contribution is 2.16. The Morgan fingerprint density at radius 1 is 1.04 bits per heavy atom. The molecule has 0 saturated carbocycles. The van der Waals surface area contributed by atoms with Gasteiger partial charge in [-0.05, 0) is 30.4 Å². The first-order valence-corrected chi connectivity index (χ1v) is 10.0. The number of azide groups is 1. The zero-order valence-corrected chi connectivity index (χ0v) is 15.1. The van der Waals surface area contributed by atoms with E-state index in [1.165, 1.54) is 5.56 Å². The lowest BCUT2D eigenvalue weighted by Gasteiger charge is -2.09. The molecule has 1 aromatic carbocycles. The maximum Gasteiger partial charge on any atom is 0.322 e. The minimum absolute atomic E-state index is 0.0231. The number of sulfonamides is 1. The number of hydrogen-bond donors (Lipinski definition) is 1. The molecular formula is C17H25N3O4S. The Hall–Kier alpha value is -2.05. The normalized spacial score (nSPS) is 12.3. The van der Waals surface area contributed by atoms with Gasteiger partial charge in [-0.3, -0.25) is 4.79 Å². The number of benzene rings is 1. The molecule has 0 radical (unpaired) electrons. The van der Waals surface area contributed by atoms with E-state index in [0.29, 0.717) is 6.42 Å². The molecule has 1 unspecified atom stereocenters. The lowest BCUT2D eigenvalue weighted by Crippen LogP contribution is -2.28. The predicted octanol–water partition coefficient (Wildman–Crippen LogP) is 4.44. The second kappa shape index (κ2) is 11.5. The summed E-state index contributed by atoms with van der Waals surface area (Å²) in [6.45, 7) is 0. The van der Waals surface area contributed by atoms with Crippen molar-refractivity contribution in [2.24, 2.45) is 4.52 Å². The summed E-state index contributed by atoms with van der Waals surface area (Å²) in [5.41, 5.74) is 9.55. The van der Waals surface area contributed by atoms with Crippen molar-refractivity contribution in [3.63, 3.8) is 0 Å². The van der Waals surface area contributed by atoms with E-state index in [1.54, 1.807) is 0 Å². The summed E-state index contributed by atoms with van der Waals surface area (Å²) >= 11 is 0. The van der Waals surface area contributed by atoms with E-state index >= 15 is 0 Å². The maximum absolute atomic E-state index is 11.5. The molecule has 0 heterocycles. The Kier molecular flexibility index (Phi) is 9.65. The number of nitrogens with zero attached hydrogens (tertiary/aromatic N) is 3. The largest absolute Gasteiger partial charge is 0.480 e. The van der Waals surface area contributed by atoms with Crippen molar-refractivity contribution in [1.82, 2.24) is 0 Å². The number of aryl methyl sites for hydroxylation is 1. The molecular weight excluding hydrogens is 342 g/mol. The first-order valence-electron chi connectivity index (χ1n) is 8.54. The van der Waals surface area contributed by atoms with E-state index in [-0.39, 0.29) is 6.42 Å². The van der Waals surface area contributed by atoms with Crippen LogP contribution in [-0.4, -0.2) is 24.7 Å². The molecule has 8 heteroatoms. The summed E-state index contributed by atoms with van der Waals surface area (Å²) in [7, 11) is -4.29. The van der Waals surface area contributed by atoms with E-state index in [1.807, 2.05) is 18.2 Å². The molecule has 7 nitrogen and oxygen atoms in total. The molecule has 0 saturated heterocycles. The fourth-order valence-corrected chi connectivity index (χ4v) is 3.63. The summed E-state index contributed by atoms with van der Waals surface area (Å²) < 4.78 is 25.7. The second-order valence-corrected chi connectivity index (χ2v) is 7.77. The number of unbranched alkanes of at least 4 members (excludes halogenated alkanes) is 6. The summed E-state index contributed by atoms with van der Waals surface area (Å²) in [5, 5.41) is 7.32. The van der Waals surface area contributed by atoms with Crippen molar-refractivity contribution in [2.45, 2.75) is 63.0 Å². The van der Waals surface area contributed by atoms with E-state index < -0.39 is 21.2 Å². The lowest BCUT2D eigenvalue weighted by atomic mass is 10.0. The third kappa shape index (κ3) is 8.56.